The average Bonchev–Trinajstić information content (AvgIpc) is 3.01. The molecule has 124 valence electrons. The van der Waals surface area contributed by atoms with Crippen LogP contribution in [0.1, 0.15) is 24.7 Å². The Hall–Kier alpha value is -2.79. The molecular formula is C16H16N4O3S. The van der Waals surface area contributed by atoms with Crippen LogP contribution in [0.4, 0.5) is 0 Å². The summed E-state index contributed by atoms with van der Waals surface area (Å²) in [6, 6.07) is 8.80. The van der Waals surface area contributed by atoms with E-state index < -0.39 is 5.97 Å². The summed E-state index contributed by atoms with van der Waals surface area (Å²) in [4.78, 5) is 15.8. The largest absolute Gasteiger partial charge is 0.478 e. The lowest BCUT2D eigenvalue weighted by atomic mass is 10.2. The number of aromatic nitrogens is 3. The monoisotopic (exact) mass is 344 g/mol. The van der Waals surface area contributed by atoms with Crippen molar-refractivity contribution in [3.8, 4) is 11.8 Å². The van der Waals surface area contributed by atoms with Crippen molar-refractivity contribution in [1.82, 2.24) is 15.2 Å². The van der Waals surface area contributed by atoms with Gasteiger partial charge in [0, 0.05) is 12.0 Å². The van der Waals surface area contributed by atoms with Crippen LogP contribution < -0.4 is 4.74 Å². The number of thioether (sulfide) groups is 1. The third-order valence-corrected chi connectivity index (χ3v) is 3.79. The van der Waals surface area contributed by atoms with Gasteiger partial charge in [-0.1, -0.05) is 25.1 Å². The molecule has 1 heterocycles. The Morgan fingerprint density at radius 2 is 2.29 bits per heavy atom. The first-order valence-corrected chi connectivity index (χ1v) is 8.08. The predicted octanol–water partition coefficient (Wildman–Crippen LogP) is 2.88. The van der Waals surface area contributed by atoms with Crippen LogP contribution in [0.5, 0.6) is 5.75 Å². The van der Waals surface area contributed by atoms with E-state index in [1.807, 2.05) is 13.0 Å². The fraction of sp³-hybridized carbons (Fsp3) is 0.250. The normalized spacial score (nSPS) is 11.1. The van der Waals surface area contributed by atoms with Crippen molar-refractivity contribution in [3.63, 3.8) is 0 Å². The maximum Gasteiger partial charge on any atom is 0.342 e. The molecule has 0 amide bonds. The lowest BCUT2D eigenvalue weighted by molar-refractivity contribution is -0.131. The molecule has 0 aliphatic carbocycles. The minimum Gasteiger partial charge on any atom is -0.478 e. The molecule has 0 aliphatic rings. The number of benzene rings is 1. The average molecular weight is 344 g/mol. The zero-order valence-corrected chi connectivity index (χ0v) is 13.8. The first kappa shape index (κ1) is 17.6. The minimum absolute atomic E-state index is 0.0602. The quantitative estimate of drug-likeness (QED) is 0.559. The Morgan fingerprint density at radius 1 is 1.50 bits per heavy atom. The summed E-state index contributed by atoms with van der Waals surface area (Å²) in [5, 5.41) is 25.2. The predicted molar refractivity (Wildman–Crippen MR) is 89.4 cm³/mol. The SMILES string of the molecule is CCCc1nc(S/C(=C\c2ccccc2OCC#N)C(=O)O)n[nH]1. The van der Waals surface area contributed by atoms with Crippen molar-refractivity contribution in [3.05, 3.63) is 40.6 Å². The van der Waals surface area contributed by atoms with Gasteiger partial charge in [0.05, 0.1) is 0 Å². The van der Waals surface area contributed by atoms with Gasteiger partial charge in [-0.3, -0.25) is 5.10 Å². The van der Waals surface area contributed by atoms with Crippen LogP contribution in [0.15, 0.2) is 34.3 Å². The number of aliphatic carboxylic acids is 1. The number of nitrogens with one attached hydrogen (secondary N) is 1. The highest BCUT2D eigenvalue weighted by atomic mass is 32.2. The molecule has 0 atom stereocenters. The molecule has 2 N–H and O–H groups in total. The smallest absolute Gasteiger partial charge is 0.342 e. The van der Waals surface area contributed by atoms with Crippen LogP contribution in [0.25, 0.3) is 6.08 Å². The molecule has 0 fully saturated rings. The number of nitriles is 1. The van der Waals surface area contributed by atoms with Crippen molar-refractivity contribution in [2.45, 2.75) is 24.9 Å². The number of H-pyrrole nitrogens is 1. The number of aromatic amines is 1. The molecule has 0 bridgehead atoms. The molecule has 1 aromatic carbocycles. The maximum absolute atomic E-state index is 11.5. The molecule has 2 rings (SSSR count). The third kappa shape index (κ3) is 4.86. The zero-order chi connectivity index (χ0) is 17.4. The van der Waals surface area contributed by atoms with Gasteiger partial charge in [-0.05, 0) is 30.3 Å². The number of para-hydroxylation sites is 1. The summed E-state index contributed by atoms with van der Waals surface area (Å²) in [7, 11) is 0. The highest BCUT2D eigenvalue weighted by Gasteiger charge is 2.14. The Morgan fingerprint density at radius 3 is 3.00 bits per heavy atom. The summed E-state index contributed by atoms with van der Waals surface area (Å²) in [5.74, 6) is 0.0829. The molecule has 24 heavy (non-hydrogen) atoms. The number of ether oxygens (including phenoxy) is 1. The van der Waals surface area contributed by atoms with Gasteiger partial charge in [0.1, 0.15) is 22.5 Å². The van der Waals surface area contributed by atoms with E-state index in [9.17, 15) is 9.90 Å². The molecular weight excluding hydrogens is 328 g/mol. The van der Waals surface area contributed by atoms with Crippen molar-refractivity contribution in [2.24, 2.45) is 0 Å². The second-order valence-electron chi connectivity index (χ2n) is 4.72. The number of rotatable bonds is 8. The van der Waals surface area contributed by atoms with Crippen LogP contribution >= 0.6 is 11.8 Å². The molecule has 0 radical (unpaired) electrons. The van der Waals surface area contributed by atoms with Crippen LogP contribution in [0, 0.1) is 11.3 Å². The number of hydrogen-bond donors (Lipinski definition) is 2. The highest BCUT2D eigenvalue weighted by Crippen LogP contribution is 2.29. The second-order valence-corrected chi connectivity index (χ2v) is 5.72. The molecule has 0 saturated heterocycles. The van der Waals surface area contributed by atoms with Gasteiger partial charge >= 0.3 is 5.97 Å². The number of carboxylic acids is 1. The topological polar surface area (TPSA) is 112 Å². The molecule has 1 aromatic heterocycles. The lowest BCUT2D eigenvalue weighted by Crippen LogP contribution is -1.99. The van der Waals surface area contributed by atoms with Crippen LogP contribution in [0.2, 0.25) is 0 Å². The summed E-state index contributed by atoms with van der Waals surface area (Å²) in [5.41, 5.74) is 0.571. The fourth-order valence-electron chi connectivity index (χ4n) is 1.89. The summed E-state index contributed by atoms with van der Waals surface area (Å²) >= 11 is 0.958. The van der Waals surface area contributed by atoms with E-state index in [1.165, 1.54) is 6.08 Å². The second kappa shape index (κ2) is 8.74. The van der Waals surface area contributed by atoms with Crippen molar-refractivity contribution in [1.29, 1.82) is 5.26 Å². The van der Waals surface area contributed by atoms with Gasteiger partial charge in [-0.2, -0.15) is 5.26 Å². The van der Waals surface area contributed by atoms with E-state index in [0.717, 1.165) is 30.4 Å². The molecule has 0 aliphatic heterocycles. The first-order valence-electron chi connectivity index (χ1n) is 7.27. The van der Waals surface area contributed by atoms with Gasteiger partial charge in [-0.25, -0.2) is 9.78 Å². The number of aryl methyl sites for hydroxylation is 1. The Labute approximate surface area is 143 Å². The molecule has 0 unspecified atom stereocenters. The third-order valence-electron chi connectivity index (χ3n) is 2.91. The van der Waals surface area contributed by atoms with Gasteiger partial charge in [0.2, 0.25) is 5.16 Å². The standard InChI is InChI=1S/C16H16N4O3S/c1-2-5-14-18-16(20-19-14)24-13(15(21)22)10-11-6-3-4-7-12(11)23-9-8-17/h3-4,6-7,10H,2,5,9H2,1H3,(H,21,22)(H,18,19,20)/b13-10-. The maximum atomic E-state index is 11.5. The molecule has 8 heteroatoms. The summed E-state index contributed by atoms with van der Waals surface area (Å²) in [6.45, 7) is 1.91. The van der Waals surface area contributed by atoms with Gasteiger partial charge in [0.15, 0.2) is 6.61 Å². The van der Waals surface area contributed by atoms with Crippen molar-refractivity contribution in [2.75, 3.05) is 6.61 Å². The molecule has 7 nitrogen and oxygen atoms in total. The Bertz CT molecular complexity index is 780. The summed E-state index contributed by atoms with van der Waals surface area (Å²) < 4.78 is 5.31. The zero-order valence-electron chi connectivity index (χ0n) is 13.0. The van der Waals surface area contributed by atoms with Crippen LogP contribution in [-0.4, -0.2) is 32.9 Å². The van der Waals surface area contributed by atoms with E-state index in [0.29, 0.717) is 16.5 Å². The van der Waals surface area contributed by atoms with E-state index in [2.05, 4.69) is 15.2 Å². The number of hydrogen-bond acceptors (Lipinski definition) is 6. The van der Waals surface area contributed by atoms with Crippen LogP contribution in [-0.2, 0) is 11.2 Å². The Kier molecular flexibility index (Phi) is 6.40. The number of carbonyl (C=O) groups is 1. The molecule has 0 saturated carbocycles. The van der Waals surface area contributed by atoms with E-state index in [4.69, 9.17) is 10.00 Å². The van der Waals surface area contributed by atoms with Crippen molar-refractivity contribution >= 4 is 23.8 Å². The van der Waals surface area contributed by atoms with Gasteiger partial charge in [0.25, 0.3) is 0 Å². The molecule has 0 spiro atoms. The van der Waals surface area contributed by atoms with E-state index >= 15 is 0 Å². The Balaban J connectivity index is 2.25. The highest BCUT2D eigenvalue weighted by molar-refractivity contribution is 8.04. The van der Waals surface area contributed by atoms with E-state index in [-0.39, 0.29) is 11.5 Å². The van der Waals surface area contributed by atoms with Crippen LogP contribution in [0.3, 0.4) is 0 Å². The lowest BCUT2D eigenvalue weighted by Gasteiger charge is -2.06. The minimum atomic E-state index is -1.09. The van der Waals surface area contributed by atoms with Gasteiger partial charge < -0.3 is 9.84 Å². The first-order chi connectivity index (χ1) is 11.6. The molecule has 2 aromatic rings. The fourth-order valence-corrected chi connectivity index (χ4v) is 2.60. The van der Waals surface area contributed by atoms with Gasteiger partial charge in [-0.15, -0.1) is 5.10 Å². The summed E-state index contributed by atoms with van der Waals surface area (Å²) in [6.07, 6.45) is 3.16. The number of nitrogens with zero attached hydrogens (tertiary/aromatic N) is 3. The van der Waals surface area contributed by atoms with E-state index in [1.54, 1.807) is 24.3 Å². The van der Waals surface area contributed by atoms with Crippen molar-refractivity contribution < 1.29 is 14.6 Å². The number of carboxylic acid groups (broad SMARTS) is 1.